The van der Waals surface area contributed by atoms with Crippen molar-refractivity contribution >= 4 is 23.2 Å². The monoisotopic (exact) mass is 224 g/mol. The van der Waals surface area contributed by atoms with Crippen LogP contribution >= 0.6 is 11.6 Å². The average molecular weight is 225 g/mol. The highest BCUT2D eigenvalue weighted by molar-refractivity contribution is 6.29. The van der Waals surface area contributed by atoms with Crippen LogP contribution in [-0.2, 0) is 4.79 Å². The Kier molecular flexibility index (Phi) is 4.31. The predicted octanol–water partition coefficient (Wildman–Crippen LogP) is 3.03. The number of pyridine rings is 1. The van der Waals surface area contributed by atoms with Crippen LogP contribution in [0.1, 0.15) is 20.3 Å². The summed E-state index contributed by atoms with van der Waals surface area (Å²) in [5.41, 5.74) is 1.36. The van der Waals surface area contributed by atoms with E-state index in [0.717, 1.165) is 6.42 Å². The lowest BCUT2D eigenvalue weighted by atomic mass is 10.2. The van der Waals surface area contributed by atoms with Crippen LogP contribution in [0.2, 0.25) is 5.15 Å². The van der Waals surface area contributed by atoms with Gasteiger partial charge in [-0.1, -0.05) is 24.6 Å². The van der Waals surface area contributed by atoms with E-state index >= 15 is 0 Å². The van der Waals surface area contributed by atoms with Gasteiger partial charge < -0.3 is 5.32 Å². The first kappa shape index (κ1) is 11.7. The highest BCUT2D eigenvalue weighted by atomic mass is 35.5. The van der Waals surface area contributed by atoms with E-state index in [4.69, 9.17) is 11.6 Å². The number of amides is 1. The Morgan fingerprint density at radius 1 is 1.67 bits per heavy atom. The summed E-state index contributed by atoms with van der Waals surface area (Å²) in [6.07, 6.45) is 4.27. The van der Waals surface area contributed by atoms with Crippen molar-refractivity contribution in [2.24, 2.45) is 0 Å². The Bertz CT molecular complexity index is 388. The number of carbonyl (C=O) groups is 1. The van der Waals surface area contributed by atoms with Crippen molar-refractivity contribution in [3.63, 3.8) is 0 Å². The molecule has 1 aromatic heterocycles. The first-order chi connectivity index (χ1) is 7.13. The van der Waals surface area contributed by atoms with Gasteiger partial charge in [0.15, 0.2) is 0 Å². The molecule has 0 aliphatic carbocycles. The lowest BCUT2D eigenvalue weighted by Crippen LogP contribution is -2.12. The molecular formula is C11H13ClN2O. The second-order valence-electron chi connectivity index (χ2n) is 3.12. The summed E-state index contributed by atoms with van der Waals surface area (Å²) in [5.74, 6) is -0.112. The van der Waals surface area contributed by atoms with Crippen molar-refractivity contribution in [2.75, 3.05) is 5.32 Å². The molecule has 0 radical (unpaired) electrons. The molecule has 15 heavy (non-hydrogen) atoms. The van der Waals surface area contributed by atoms with Gasteiger partial charge in [0, 0.05) is 17.5 Å². The fraction of sp³-hybridized carbons (Fsp3) is 0.273. The molecule has 3 nitrogen and oxygen atoms in total. The van der Waals surface area contributed by atoms with Crippen LogP contribution in [0.3, 0.4) is 0 Å². The van der Waals surface area contributed by atoms with Crippen LogP contribution in [0.5, 0.6) is 0 Å². The largest absolute Gasteiger partial charge is 0.322 e. The van der Waals surface area contributed by atoms with Crippen molar-refractivity contribution in [3.8, 4) is 0 Å². The van der Waals surface area contributed by atoms with Crippen molar-refractivity contribution in [2.45, 2.75) is 20.3 Å². The number of allylic oxidation sites excluding steroid dienone is 1. The first-order valence-electron chi connectivity index (χ1n) is 4.73. The molecule has 1 N–H and O–H groups in total. The molecule has 0 bridgehead atoms. The molecule has 0 unspecified atom stereocenters. The maximum atomic E-state index is 11.6. The molecule has 0 aliphatic heterocycles. The van der Waals surface area contributed by atoms with Gasteiger partial charge in [-0.15, -0.1) is 0 Å². The number of carbonyl (C=O) groups excluding carboxylic acids is 1. The topological polar surface area (TPSA) is 42.0 Å². The number of aromatic nitrogens is 1. The number of hydrogen-bond donors (Lipinski definition) is 1. The van der Waals surface area contributed by atoms with Crippen molar-refractivity contribution in [1.82, 2.24) is 4.98 Å². The molecule has 4 heteroatoms. The van der Waals surface area contributed by atoms with Gasteiger partial charge in [-0.3, -0.25) is 4.79 Å². The standard InChI is InChI=1S/C11H13ClN2O/c1-3-4-8(2)11(15)14-9-5-6-13-10(12)7-9/h4-7H,3H2,1-2H3,(H,13,14,15)/b8-4-. The smallest absolute Gasteiger partial charge is 0.250 e. The van der Waals surface area contributed by atoms with Crippen LogP contribution in [0.15, 0.2) is 30.0 Å². The molecule has 0 saturated heterocycles. The zero-order valence-electron chi connectivity index (χ0n) is 8.75. The van der Waals surface area contributed by atoms with Crippen LogP contribution in [-0.4, -0.2) is 10.9 Å². The Labute approximate surface area is 94.2 Å². The molecular weight excluding hydrogens is 212 g/mol. The van der Waals surface area contributed by atoms with E-state index in [-0.39, 0.29) is 5.91 Å². The molecule has 1 heterocycles. The van der Waals surface area contributed by atoms with Gasteiger partial charge >= 0.3 is 0 Å². The van der Waals surface area contributed by atoms with Gasteiger partial charge in [-0.05, 0) is 25.5 Å². The summed E-state index contributed by atoms with van der Waals surface area (Å²) in [7, 11) is 0. The van der Waals surface area contributed by atoms with Gasteiger partial charge in [0.2, 0.25) is 0 Å². The van der Waals surface area contributed by atoms with Crippen LogP contribution in [0, 0.1) is 0 Å². The Hall–Kier alpha value is -1.35. The minimum Gasteiger partial charge on any atom is -0.322 e. The fourth-order valence-corrected chi connectivity index (χ4v) is 1.28. The lowest BCUT2D eigenvalue weighted by molar-refractivity contribution is -0.112. The van der Waals surface area contributed by atoms with Gasteiger partial charge in [0.05, 0.1) is 0 Å². The third kappa shape index (κ3) is 3.72. The lowest BCUT2D eigenvalue weighted by Gasteiger charge is -2.04. The summed E-state index contributed by atoms with van der Waals surface area (Å²) in [6, 6.07) is 3.31. The summed E-state index contributed by atoms with van der Waals surface area (Å²) in [5, 5.41) is 3.10. The fourth-order valence-electron chi connectivity index (χ4n) is 1.11. The van der Waals surface area contributed by atoms with Crippen molar-refractivity contribution in [1.29, 1.82) is 0 Å². The van der Waals surface area contributed by atoms with Crippen LogP contribution in [0.4, 0.5) is 5.69 Å². The Morgan fingerprint density at radius 3 is 3.00 bits per heavy atom. The van der Waals surface area contributed by atoms with Crippen LogP contribution in [0.25, 0.3) is 0 Å². The second-order valence-corrected chi connectivity index (χ2v) is 3.50. The molecule has 1 amide bonds. The minimum absolute atomic E-state index is 0.112. The Balaban J connectivity index is 2.70. The molecule has 0 aliphatic rings. The second kappa shape index (κ2) is 5.51. The van der Waals surface area contributed by atoms with E-state index in [1.165, 1.54) is 0 Å². The molecule has 1 aromatic rings. The number of nitrogens with zero attached hydrogens (tertiary/aromatic N) is 1. The van der Waals surface area contributed by atoms with Gasteiger partial charge in [-0.25, -0.2) is 4.98 Å². The van der Waals surface area contributed by atoms with Crippen molar-refractivity contribution in [3.05, 3.63) is 35.1 Å². The van der Waals surface area contributed by atoms with E-state index < -0.39 is 0 Å². The molecule has 0 aromatic carbocycles. The van der Waals surface area contributed by atoms with Crippen LogP contribution < -0.4 is 5.32 Å². The van der Waals surface area contributed by atoms with Gasteiger partial charge in [0.1, 0.15) is 5.15 Å². The third-order valence-corrected chi connectivity index (χ3v) is 2.06. The number of anilines is 1. The zero-order chi connectivity index (χ0) is 11.3. The van der Waals surface area contributed by atoms with E-state index in [2.05, 4.69) is 10.3 Å². The molecule has 0 saturated carbocycles. The molecule has 0 fully saturated rings. The normalized spacial score (nSPS) is 11.3. The highest BCUT2D eigenvalue weighted by Crippen LogP contribution is 2.12. The quantitative estimate of drug-likeness (QED) is 0.634. The minimum atomic E-state index is -0.112. The third-order valence-electron chi connectivity index (χ3n) is 1.85. The van der Waals surface area contributed by atoms with E-state index in [0.29, 0.717) is 16.4 Å². The number of nitrogens with one attached hydrogen (secondary N) is 1. The summed E-state index contributed by atoms with van der Waals surface area (Å²) >= 11 is 5.69. The zero-order valence-corrected chi connectivity index (χ0v) is 9.51. The summed E-state index contributed by atoms with van der Waals surface area (Å²) < 4.78 is 0. The number of halogens is 1. The maximum Gasteiger partial charge on any atom is 0.250 e. The first-order valence-corrected chi connectivity index (χ1v) is 5.11. The summed E-state index contributed by atoms with van der Waals surface area (Å²) in [4.78, 5) is 15.4. The van der Waals surface area contributed by atoms with E-state index in [1.807, 2.05) is 13.0 Å². The summed E-state index contributed by atoms with van der Waals surface area (Å²) in [6.45, 7) is 3.77. The van der Waals surface area contributed by atoms with E-state index in [1.54, 1.807) is 25.3 Å². The van der Waals surface area contributed by atoms with Gasteiger partial charge in [0.25, 0.3) is 5.91 Å². The average Bonchev–Trinajstić information content (AvgIpc) is 2.18. The maximum absolute atomic E-state index is 11.6. The number of hydrogen-bond acceptors (Lipinski definition) is 2. The van der Waals surface area contributed by atoms with Crippen molar-refractivity contribution < 1.29 is 4.79 Å². The number of rotatable bonds is 3. The highest BCUT2D eigenvalue weighted by Gasteiger charge is 2.04. The predicted molar refractivity (Wildman–Crippen MR) is 61.9 cm³/mol. The molecule has 0 spiro atoms. The molecule has 0 atom stereocenters. The Morgan fingerprint density at radius 2 is 2.40 bits per heavy atom. The van der Waals surface area contributed by atoms with E-state index in [9.17, 15) is 4.79 Å². The molecule has 80 valence electrons. The SMILES string of the molecule is CC/C=C(/C)C(=O)Nc1ccnc(Cl)c1. The van der Waals surface area contributed by atoms with Gasteiger partial charge in [-0.2, -0.15) is 0 Å². The molecule has 1 rings (SSSR count).